The van der Waals surface area contributed by atoms with Gasteiger partial charge in [0.1, 0.15) is 11.6 Å². The highest BCUT2D eigenvalue weighted by atomic mass is 32.2. The van der Waals surface area contributed by atoms with Crippen LogP contribution in [0.4, 0.5) is 0 Å². The number of esters is 1. The fourth-order valence-corrected chi connectivity index (χ4v) is 5.98. The van der Waals surface area contributed by atoms with E-state index in [9.17, 15) is 23.3 Å². The molecule has 1 saturated carbocycles. The van der Waals surface area contributed by atoms with E-state index in [4.69, 9.17) is 4.74 Å². The molecule has 0 aromatic heterocycles. The van der Waals surface area contributed by atoms with Crippen LogP contribution in [0.25, 0.3) is 0 Å². The van der Waals surface area contributed by atoms with Crippen molar-refractivity contribution in [2.75, 3.05) is 20.2 Å². The summed E-state index contributed by atoms with van der Waals surface area (Å²) >= 11 is 0. The molecule has 9 heteroatoms. The van der Waals surface area contributed by atoms with Crippen molar-refractivity contribution in [3.63, 3.8) is 0 Å². The lowest BCUT2D eigenvalue weighted by atomic mass is 9.81. The molecule has 1 heterocycles. The van der Waals surface area contributed by atoms with Gasteiger partial charge in [-0.15, -0.1) is 0 Å². The number of nitriles is 1. The van der Waals surface area contributed by atoms with E-state index in [1.54, 1.807) is 19.2 Å². The number of ether oxygens (including phenoxy) is 1. The molecule has 8 nitrogen and oxygen atoms in total. The zero-order valence-corrected chi connectivity index (χ0v) is 18.9. The summed E-state index contributed by atoms with van der Waals surface area (Å²) in [6.45, 7) is 1.58. The SMILES string of the molecule is Cc1ccc(S(=O)(=O)N2CCC[C@H]2C(=O)OCC(=O)N(C)C2(C#N)CCCCC2)cc1. The van der Waals surface area contributed by atoms with Gasteiger partial charge in [-0.05, 0) is 44.7 Å². The first-order chi connectivity index (χ1) is 14.7. The molecule has 1 aromatic rings. The first-order valence-corrected chi connectivity index (χ1v) is 12.1. The topological polar surface area (TPSA) is 108 Å². The number of carbonyl (C=O) groups excluding carboxylic acids is 2. The van der Waals surface area contributed by atoms with Gasteiger partial charge in [-0.3, -0.25) is 9.59 Å². The second-order valence-corrected chi connectivity index (χ2v) is 10.2. The Morgan fingerprint density at radius 1 is 1.19 bits per heavy atom. The lowest BCUT2D eigenvalue weighted by Crippen LogP contribution is -2.51. The third-order valence-corrected chi connectivity index (χ3v) is 8.27. The highest BCUT2D eigenvalue weighted by Crippen LogP contribution is 2.32. The molecule has 1 saturated heterocycles. The fourth-order valence-electron chi connectivity index (χ4n) is 4.33. The van der Waals surface area contributed by atoms with Gasteiger partial charge in [0.05, 0.1) is 11.0 Å². The van der Waals surface area contributed by atoms with Crippen LogP contribution in [0.5, 0.6) is 0 Å². The minimum atomic E-state index is -3.84. The Morgan fingerprint density at radius 2 is 1.84 bits per heavy atom. The van der Waals surface area contributed by atoms with Crippen LogP contribution in [-0.4, -0.2) is 61.3 Å². The standard InChI is InChI=1S/C22H29N3O5S/c1-17-8-10-18(11-9-17)31(28,29)25-14-6-7-19(25)21(27)30-15-20(26)24(2)22(16-23)12-4-3-5-13-22/h8-11,19H,3-7,12-15H2,1-2H3/t19-/m0/s1. The van der Waals surface area contributed by atoms with E-state index in [0.717, 1.165) is 29.1 Å². The molecule has 0 bridgehead atoms. The first-order valence-electron chi connectivity index (χ1n) is 10.6. The Hall–Kier alpha value is -2.44. The second-order valence-electron chi connectivity index (χ2n) is 8.35. The summed E-state index contributed by atoms with van der Waals surface area (Å²) in [7, 11) is -2.28. The number of carbonyl (C=O) groups is 2. The molecule has 3 rings (SSSR count). The lowest BCUT2D eigenvalue weighted by Gasteiger charge is -2.38. The quantitative estimate of drug-likeness (QED) is 0.620. The second kappa shape index (κ2) is 9.37. The summed E-state index contributed by atoms with van der Waals surface area (Å²) in [5.74, 6) is -1.19. The van der Waals surface area contributed by atoms with Crippen molar-refractivity contribution >= 4 is 21.9 Å². The molecule has 1 atom stereocenters. The van der Waals surface area contributed by atoms with Crippen molar-refractivity contribution in [1.29, 1.82) is 5.26 Å². The Kier molecular flexibility index (Phi) is 7.02. The summed E-state index contributed by atoms with van der Waals surface area (Å²) in [6, 6.07) is 7.78. The molecule has 2 fully saturated rings. The van der Waals surface area contributed by atoms with Crippen LogP contribution in [0.15, 0.2) is 29.2 Å². The van der Waals surface area contributed by atoms with E-state index in [1.165, 1.54) is 17.0 Å². The third-order valence-electron chi connectivity index (χ3n) is 6.35. The predicted octanol–water partition coefficient (Wildman–Crippen LogP) is 2.38. The van der Waals surface area contributed by atoms with Crippen LogP contribution >= 0.6 is 0 Å². The lowest BCUT2D eigenvalue weighted by molar-refractivity contribution is -0.156. The fraction of sp³-hybridized carbons (Fsp3) is 0.591. The largest absolute Gasteiger partial charge is 0.454 e. The smallest absolute Gasteiger partial charge is 0.324 e. The highest BCUT2D eigenvalue weighted by Gasteiger charge is 2.42. The molecule has 0 N–H and O–H groups in total. The molecule has 0 spiro atoms. The maximum absolute atomic E-state index is 13.0. The minimum Gasteiger partial charge on any atom is -0.454 e. The van der Waals surface area contributed by atoms with E-state index in [-0.39, 0.29) is 11.4 Å². The normalized spacial score (nSPS) is 21.3. The summed E-state index contributed by atoms with van der Waals surface area (Å²) in [5, 5.41) is 9.64. The van der Waals surface area contributed by atoms with E-state index in [1.807, 2.05) is 6.92 Å². The number of rotatable bonds is 6. The maximum atomic E-state index is 13.0. The molecule has 1 aliphatic carbocycles. The average Bonchev–Trinajstić information content (AvgIpc) is 3.28. The molecule has 1 amide bonds. The van der Waals surface area contributed by atoms with Crippen molar-refractivity contribution in [3.8, 4) is 6.07 Å². The molecular formula is C22H29N3O5S. The Bertz CT molecular complexity index is 962. The van der Waals surface area contributed by atoms with Crippen LogP contribution in [0.3, 0.4) is 0 Å². The maximum Gasteiger partial charge on any atom is 0.324 e. The van der Waals surface area contributed by atoms with Crippen LogP contribution in [-0.2, 0) is 24.3 Å². The molecule has 31 heavy (non-hydrogen) atoms. The molecule has 0 unspecified atom stereocenters. The first kappa shape index (κ1) is 23.2. The predicted molar refractivity (Wildman–Crippen MR) is 113 cm³/mol. The van der Waals surface area contributed by atoms with Crippen molar-refractivity contribution in [1.82, 2.24) is 9.21 Å². The summed E-state index contributed by atoms with van der Waals surface area (Å²) < 4.78 is 32.4. The van der Waals surface area contributed by atoms with Gasteiger partial charge in [-0.2, -0.15) is 9.57 Å². The number of amides is 1. The van der Waals surface area contributed by atoms with Gasteiger partial charge in [0.2, 0.25) is 10.0 Å². The number of likely N-dealkylation sites (N-methyl/N-ethyl adjacent to an activating group) is 1. The van der Waals surface area contributed by atoms with Crippen LogP contribution in [0, 0.1) is 18.3 Å². The Labute approximate surface area is 183 Å². The molecule has 2 aliphatic rings. The third kappa shape index (κ3) is 4.75. The van der Waals surface area contributed by atoms with Crippen molar-refractivity contribution in [2.24, 2.45) is 0 Å². The Balaban J connectivity index is 1.65. The van der Waals surface area contributed by atoms with Crippen molar-refractivity contribution in [3.05, 3.63) is 29.8 Å². The van der Waals surface area contributed by atoms with Gasteiger partial charge in [-0.1, -0.05) is 37.0 Å². The van der Waals surface area contributed by atoms with E-state index in [2.05, 4.69) is 6.07 Å². The van der Waals surface area contributed by atoms with Crippen molar-refractivity contribution < 1.29 is 22.7 Å². The van der Waals surface area contributed by atoms with Gasteiger partial charge in [0.25, 0.3) is 5.91 Å². The van der Waals surface area contributed by atoms with E-state index in [0.29, 0.717) is 25.7 Å². The number of benzene rings is 1. The molecular weight excluding hydrogens is 418 g/mol. The summed E-state index contributed by atoms with van der Waals surface area (Å²) in [4.78, 5) is 26.8. The average molecular weight is 448 g/mol. The van der Waals surface area contributed by atoms with Gasteiger partial charge in [-0.25, -0.2) is 8.42 Å². The molecule has 1 aromatic carbocycles. The molecule has 0 radical (unpaired) electrons. The monoisotopic (exact) mass is 447 g/mol. The zero-order valence-electron chi connectivity index (χ0n) is 18.0. The minimum absolute atomic E-state index is 0.127. The van der Waals surface area contributed by atoms with Gasteiger partial charge >= 0.3 is 5.97 Å². The van der Waals surface area contributed by atoms with Crippen LogP contribution in [0.1, 0.15) is 50.5 Å². The van der Waals surface area contributed by atoms with Crippen molar-refractivity contribution in [2.45, 2.75) is 68.3 Å². The number of hydrogen-bond donors (Lipinski definition) is 0. The van der Waals surface area contributed by atoms with Crippen LogP contribution < -0.4 is 0 Å². The van der Waals surface area contributed by atoms with E-state index < -0.39 is 40.1 Å². The number of nitrogens with zero attached hydrogens (tertiary/aromatic N) is 3. The number of sulfonamides is 1. The summed E-state index contributed by atoms with van der Waals surface area (Å²) in [6.07, 6.45) is 4.87. The van der Waals surface area contributed by atoms with Gasteiger partial charge in [0, 0.05) is 13.6 Å². The summed E-state index contributed by atoms with van der Waals surface area (Å²) in [5.41, 5.74) is 0.0719. The van der Waals surface area contributed by atoms with E-state index >= 15 is 0 Å². The molecule has 1 aliphatic heterocycles. The Morgan fingerprint density at radius 3 is 2.45 bits per heavy atom. The van der Waals surface area contributed by atoms with Gasteiger partial charge in [0.15, 0.2) is 6.61 Å². The van der Waals surface area contributed by atoms with Crippen LogP contribution in [0.2, 0.25) is 0 Å². The highest BCUT2D eigenvalue weighted by molar-refractivity contribution is 7.89. The number of aryl methyl sites for hydroxylation is 1. The zero-order chi connectivity index (χ0) is 22.6. The van der Waals surface area contributed by atoms with Gasteiger partial charge < -0.3 is 9.64 Å². The number of hydrogen-bond acceptors (Lipinski definition) is 6. The molecule has 168 valence electrons.